The van der Waals surface area contributed by atoms with Crippen molar-refractivity contribution in [2.75, 3.05) is 19.8 Å². The van der Waals surface area contributed by atoms with Crippen LogP contribution in [0.5, 0.6) is 5.75 Å². The van der Waals surface area contributed by atoms with E-state index in [1.807, 2.05) is 6.92 Å². The third-order valence-corrected chi connectivity index (χ3v) is 4.76. The van der Waals surface area contributed by atoms with Crippen molar-refractivity contribution >= 4 is 5.97 Å². The first kappa shape index (κ1) is 16.2. The van der Waals surface area contributed by atoms with Crippen molar-refractivity contribution in [2.45, 2.75) is 51.0 Å². The van der Waals surface area contributed by atoms with Crippen molar-refractivity contribution in [3.8, 4) is 5.75 Å². The van der Waals surface area contributed by atoms with Crippen LogP contribution in [0.3, 0.4) is 0 Å². The maximum Gasteiger partial charge on any atom is 0.339 e. The molecule has 2 aliphatic rings. The van der Waals surface area contributed by atoms with Gasteiger partial charge in [0.05, 0.1) is 5.56 Å². The number of likely N-dealkylation sites (tertiary alicyclic amines) is 1. The number of halogens is 1. The molecule has 4 nitrogen and oxygen atoms in total. The first-order valence-corrected chi connectivity index (χ1v) is 8.44. The Labute approximate surface area is 136 Å². The molecule has 0 atom stereocenters. The van der Waals surface area contributed by atoms with Crippen LogP contribution in [0.4, 0.5) is 4.39 Å². The molecule has 1 saturated carbocycles. The molecular weight excluding hydrogens is 297 g/mol. The van der Waals surface area contributed by atoms with Crippen LogP contribution in [-0.4, -0.2) is 36.3 Å². The number of hydrogen-bond acceptors (Lipinski definition) is 4. The van der Waals surface area contributed by atoms with Gasteiger partial charge in [-0.1, -0.05) is 0 Å². The molecule has 0 radical (unpaired) electrons. The van der Waals surface area contributed by atoms with E-state index in [2.05, 4.69) is 4.90 Å². The third-order valence-electron chi connectivity index (χ3n) is 4.76. The zero-order valence-corrected chi connectivity index (χ0v) is 13.6. The van der Waals surface area contributed by atoms with Crippen LogP contribution in [-0.2, 0) is 4.74 Å². The SMILES string of the molecule is CC1(Oc2cc(C(=O)OCN3CCCC3)ccc2F)CCCC1. The Bertz CT molecular complexity index is 563. The Morgan fingerprint density at radius 2 is 1.91 bits per heavy atom. The van der Waals surface area contributed by atoms with E-state index >= 15 is 0 Å². The molecule has 3 rings (SSSR count). The Balaban J connectivity index is 1.65. The van der Waals surface area contributed by atoms with E-state index in [0.29, 0.717) is 12.3 Å². The van der Waals surface area contributed by atoms with Crippen LogP contribution in [0.15, 0.2) is 18.2 Å². The summed E-state index contributed by atoms with van der Waals surface area (Å²) in [6.45, 7) is 4.22. The van der Waals surface area contributed by atoms with Crippen LogP contribution in [0.2, 0.25) is 0 Å². The van der Waals surface area contributed by atoms with Gasteiger partial charge in [-0.3, -0.25) is 4.90 Å². The van der Waals surface area contributed by atoms with Gasteiger partial charge in [0.25, 0.3) is 0 Å². The number of rotatable bonds is 5. The fourth-order valence-electron chi connectivity index (χ4n) is 3.34. The second-order valence-corrected chi connectivity index (χ2v) is 6.79. The Hall–Kier alpha value is -1.62. The zero-order chi connectivity index (χ0) is 16.3. The predicted molar refractivity (Wildman–Crippen MR) is 85.0 cm³/mol. The Kier molecular flexibility index (Phi) is 4.85. The molecule has 1 heterocycles. The number of carbonyl (C=O) groups is 1. The van der Waals surface area contributed by atoms with E-state index < -0.39 is 11.8 Å². The lowest BCUT2D eigenvalue weighted by molar-refractivity contribution is 0.0267. The van der Waals surface area contributed by atoms with Crippen LogP contribution in [0.25, 0.3) is 0 Å². The van der Waals surface area contributed by atoms with Crippen molar-refractivity contribution in [1.29, 1.82) is 0 Å². The summed E-state index contributed by atoms with van der Waals surface area (Å²) in [6.07, 6.45) is 6.30. The first-order valence-electron chi connectivity index (χ1n) is 8.44. The maximum atomic E-state index is 14.0. The minimum atomic E-state index is -0.436. The molecule has 1 aromatic rings. The molecule has 0 amide bonds. The largest absolute Gasteiger partial charge is 0.484 e. The monoisotopic (exact) mass is 321 g/mol. The van der Waals surface area contributed by atoms with Gasteiger partial charge in [-0.05, 0) is 63.6 Å². The first-order chi connectivity index (χ1) is 11.1. The number of esters is 1. The molecule has 0 unspecified atom stereocenters. The smallest absolute Gasteiger partial charge is 0.339 e. The van der Waals surface area contributed by atoms with Gasteiger partial charge < -0.3 is 9.47 Å². The average molecular weight is 321 g/mol. The van der Waals surface area contributed by atoms with E-state index in [9.17, 15) is 9.18 Å². The molecule has 1 aromatic carbocycles. The van der Waals surface area contributed by atoms with E-state index in [0.717, 1.165) is 51.6 Å². The average Bonchev–Trinajstić information content (AvgIpc) is 3.19. The molecule has 1 saturated heterocycles. The second-order valence-electron chi connectivity index (χ2n) is 6.79. The summed E-state index contributed by atoms with van der Waals surface area (Å²) in [7, 11) is 0. The van der Waals surface area contributed by atoms with Crippen molar-refractivity contribution in [3.63, 3.8) is 0 Å². The number of benzene rings is 1. The minimum absolute atomic E-state index is 0.144. The predicted octanol–water partition coefficient (Wildman–Crippen LogP) is 3.75. The van der Waals surface area contributed by atoms with Crippen molar-refractivity contribution < 1.29 is 18.7 Å². The van der Waals surface area contributed by atoms with Crippen LogP contribution in [0, 0.1) is 5.82 Å². The zero-order valence-electron chi connectivity index (χ0n) is 13.6. The summed E-state index contributed by atoms with van der Waals surface area (Å²) < 4.78 is 25.2. The van der Waals surface area contributed by atoms with Gasteiger partial charge in [-0.15, -0.1) is 0 Å². The lowest BCUT2D eigenvalue weighted by atomic mass is 10.1. The third kappa shape index (κ3) is 4.02. The summed E-state index contributed by atoms with van der Waals surface area (Å²) in [4.78, 5) is 14.3. The van der Waals surface area contributed by atoms with Crippen molar-refractivity contribution in [2.24, 2.45) is 0 Å². The molecule has 23 heavy (non-hydrogen) atoms. The maximum absolute atomic E-state index is 14.0. The summed E-state index contributed by atoms with van der Waals surface area (Å²) in [5.41, 5.74) is 0.000959. The quantitative estimate of drug-likeness (QED) is 0.774. The lowest BCUT2D eigenvalue weighted by Gasteiger charge is -2.26. The molecule has 5 heteroatoms. The van der Waals surface area contributed by atoms with E-state index in [1.165, 1.54) is 18.2 Å². The second kappa shape index (κ2) is 6.87. The molecule has 0 aromatic heterocycles. The highest BCUT2D eigenvalue weighted by Crippen LogP contribution is 2.35. The van der Waals surface area contributed by atoms with Gasteiger partial charge in [0, 0.05) is 13.1 Å². The van der Waals surface area contributed by atoms with Crippen LogP contribution in [0.1, 0.15) is 55.8 Å². The highest BCUT2D eigenvalue weighted by atomic mass is 19.1. The molecular formula is C18H24FNO3. The molecule has 1 aliphatic carbocycles. The normalized spacial score (nSPS) is 20.6. The standard InChI is InChI=1S/C18H24FNO3/c1-18(8-2-3-9-18)23-16-12-14(6-7-15(16)19)17(21)22-13-20-10-4-5-11-20/h6-7,12H,2-5,8-11,13H2,1H3. The number of nitrogens with zero attached hydrogens (tertiary/aromatic N) is 1. The molecule has 0 N–H and O–H groups in total. The Morgan fingerprint density at radius 3 is 2.61 bits per heavy atom. The van der Waals surface area contributed by atoms with E-state index in [-0.39, 0.29) is 11.4 Å². The lowest BCUT2D eigenvalue weighted by Crippen LogP contribution is -2.28. The fourth-order valence-corrected chi connectivity index (χ4v) is 3.34. The van der Waals surface area contributed by atoms with Gasteiger partial charge in [-0.25, -0.2) is 9.18 Å². The summed E-state index contributed by atoms with van der Waals surface area (Å²) in [5, 5.41) is 0. The highest BCUT2D eigenvalue weighted by Gasteiger charge is 2.31. The summed E-state index contributed by atoms with van der Waals surface area (Å²) in [6, 6.07) is 4.19. The summed E-state index contributed by atoms with van der Waals surface area (Å²) >= 11 is 0. The van der Waals surface area contributed by atoms with E-state index in [1.54, 1.807) is 0 Å². The van der Waals surface area contributed by atoms with Crippen LogP contribution >= 0.6 is 0 Å². The molecule has 0 spiro atoms. The van der Waals surface area contributed by atoms with Gasteiger partial charge in [0.1, 0.15) is 12.3 Å². The van der Waals surface area contributed by atoms with Gasteiger partial charge in [0.2, 0.25) is 0 Å². The van der Waals surface area contributed by atoms with Gasteiger partial charge >= 0.3 is 5.97 Å². The summed E-state index contributed by atoms with van der Waals surface area (Å²) in [5.74, 6) is -0.724. The molecule has 2 fully saturated rings. The number of carbonyl (C=O) groups excluding carboxylic acids is 1. The van der Waals surface area contributed by atoms with Crippen molar-refractivity contribution in [3.05, 3.63) is 29.6 Å². The van der Waals surface area contributed by atoms with Crippen molar-refractivity contribution in [1.82, 2.24) is 4.90 Å². The molecule has 0 bridgehead atoms. The highest BCUT2D eigenvalue weighted by molar-refractivity contribution is 5.89. The number of ether oxygens (including phenoxy) is 2. The van der Waals surface area contributed by atoms with Gasteiger partial charge in [0.15, 0.2) is 11.6 Å². The van der Waals surface area contributed by atoms with E-state index in [4.69, 9.17) is 9.47 Å². The molecule has 1 aliphatic heterocycles. The van der Waals surface area contributed by atoms with Crippen LogP contribution < -0.4 is 4.74 Å². The number of hydrogen-bond donors (Lipinski definition) is 0. The Morgan fingerprint density at radius 1 is 1.22 bits per heavy atom. The minimum Gasteiger partial charge on any atom is -0.484 e. The topological polar surface area (TPSA) is 38.8 Å². The van der Waals surface area contributed by atoms with Gasteiger partial charge in [-0.2, -0.15) is 0 Å². The molecule has 126 valence electrons. The fraction of sp³-hybridized carbons (Fsp3) is 0.611.